The van der Waals surface area contributed by atoms with Gasteiger partial charge in [-0.3, -0.25) is 4.79 Å². The molecular weight excluding hydrogens is 399 g/mol. The zero-order chi connectivity index (χ0) is 21.8. The van der Waals surface area contributed by atoms with Gasteiger partial charge in [-0.1, -0.05) is 34.9 Å². The summed E-state index contributed by atoms with van der Waals surface area (Å²) in [7, 11) is 0.496. The minimum Gasteiger partial charge on any atom is -0.497 e. The number of hydrogen-bond acceptors (Lipinski definition) is 5. The second kappa shape index (κ2) is 9.02. The first-order valence-electron chi connectivity index (χ1n) is 9.32. The van der Waals surface area contributed by atoms with E-state index in [0.717, 1.165) is 11.1 Å². The second-order valence-corrected chi connectivity index (χ2v) is 8.26. The molecule has 1 atom stereocenters. The molecule has 3 aromatic carbocycles. The average Bonchev–Trinajstić information content (AvgIpc) is 2.77. The molecule has 30 heavy (non-hydrogen) atoms. The van der Waals surface area contributed by atoms with Gasteiger partial charge in [0.05, 0.1) is 30.9 Å². The lowest BCUT2D eigenvalue weighted by atomic mass is 10.0. The Hall–Kier alpha value is -3.30. The first-order chi connectivity index (χ1) is 14.4. The molecule has 5 nitrogen and oxygen atoms in total. The molecule has 0 heterocycles. The number of hydrogen-bond donors (Lipinski definition) is 0. The lowest BCUT2D eigenvalue weighted by molar-refractivity contribution is 0.103. The Morgan fingerprint density at radius 3 is 2.10 bits per heavy atom. The third-order valence-corrected chi connectivity index (χ3v) is 6.32. The minimum absolute atomic E-state index is 0.210. The molecule has 0 radical (unpaired) electrons. The molecular formula is C24H22O5P+. The summed E-state index contributed by atoms with van der Waals surface area (Å²) in [5.74, 6) is 0.515. The topological polar surface area (TPSA) is 69.7 Å². The van der Waals surface area contributed by atoms with Crippen LogP contribution in [0.25, 0.3) is 0 Å². The van der Waals surface area contributed by atoms with Crippen LogP contribution in [-0.4, -0.2) is 25.5 Å². The zero-order valence-corrected chi connectivity index (χ0v) is 18.2. The predicted octanol–water partition coefficient (Wildman–Crippen LogP) is 4.84. The Bertz CT molecular complexity index is 1130. The molecule has 0 spiro atoms. The standard InChI is InChI=1S/C24H22O5P/c1-15-8-7-9-16(2)22(15)24(26)30(27)21-11-6-5-10-19(21)23(25)18-13-12-17(28-3)14-20(18)29-4/h5-14H,1-4H3/q+1. The summed E-state index contributed by atoms with van der Waals surface area (Å²) < 4.78 is 23.8. The lowest BCUT2D eigenvalue weighted by Gasteiger charge is -2.10. The van der Waals surface area contributed by atoms with Gasteiger partial charge in [-0.15, -0.1) is 0 Å². The van der Waals surface area contributed by atoms with E-state index in [4.69, 9.17) is 9.47 Å². The molecule has 152 valence electrons. The number of rotatable bonds is 7. The van der Waals surface area contributed by atoms with Crippen molar-refractivity contribution in [1.82, 2.24) is 0 Å². The predicted molar refractivity (Wildman–Crippen MR) is 117 cm³/mol. The molecule has 0 aromatic heterocycles. The van der Waals surface area contributed by atoms with E-state index in [9.17, 15) is 14.2 Å². The van der Waals surface area contributed by atoms with E-state index in [-0.39, 0.29) is 16.7 Å². The van der Waals surface area contributed by atoms with Crippen molar-refractivity contribution in [3.63, 3.8) is 0 Å². The molecule has 0 aliphatic rings. The summed E-state index contributed by atoms with van der Waals surface area (Å²) >= 11 is 0. The third-order valence-electron chi connectivity index (χ3n) is 4.90. The highest BCUT2D eigenvalue weighted by Gasteiger charge is 2.38. The number of carbonyl (C=O) groups excluding carboxylic acids is 2. The fourth-order valence-corrected chi connectivity index (χ4v) is 4.73. The maximum atomic E-state index is 13.3. The minimum atomic E-state index is -2.49. The highest BCUT2D eigenvalue weighted by Crippen LogP contribution is 2.33. The Balaban J connectivity index is 2.06. The number of methoxy groups -OCH3 is 2. The van der Waals surface area contributed by atoms with Crippen LogP contribution in [0.15, 0.2) is 60.7 Å². The summed E-state index contributed by atoms with van der Waals surface area (Å²) in [6.07, 6.45) is 0. The number of ketones is 1. The van der Waals surface area contributed by atoms with Gasteiger partial charge >= 0.3 is 13.3 Å². The van der Waals surface area contributed by atoms with Gasteiger partial charge < -0.3 is 9.47 Å². The molecule has 0 aliphatic heterocycles. The van der Waals surface area contributed by atoms with Crippen LogP contribution in [0, 0.1) is 13.8 Å². The van der Waals surface area contributed by atoms with Crippen LogP contribution < -0.4 is 14.8 Å². The van der Waals surface area contributed by atoms with Crippen LogP contribution in [0.2, 0.25) is 0 Å². The van der Waals surface area contributed by atoms with Gasteiger partial charge in [0.25, 0.3) is 0 Å². The van der Waals surface area contributed by atoms with Crippen molar-refractivity contribution in [3.05, 3.63) is 88.5 Å². The van der Waals surface area contributed by atoms with Crippen molar-refractivity contribution in [1.29, 1.82) is 0 Å². The SMILES string of the molecule is COc1ccc(C(=O)c2ccccc2[P+](=O)C(=O)c2c(C)cccc2C)c(OC)c1. The van der Waals surface area contributed by atoms with E-state index in [1.54, 1.807) is 42.5 Å². The van der Waals surface area contributed by atoms with E-state index in [0.29, 0.717) is 22.6 Å². The van der Waals surface area contributed by atoms with E-state index < -0.39 is 13.3 Å². The first kappa shape index (κ1) is 21.4. The van der Waals surface area contributed by atoms with Gasteiger partial charge in [0, 0.05) is 6.07 Å². The summed E-state index contributed by atoms with van der Waals surface area (Å²) in [5.41, 5.74) is 1.97. The number of ether oxygens (including phenoxy) is 2. The van der Waals surface area contributed by atoms with Gasteiger partial charge in [-0.2, -0.15) is 0 Å². The molecule has 0 N–H and O–H groups in total. The summed E-state index contributed by atoms with van der Waals surface area (Å²) in [4.78, 5) is 26.4. The molecule has 0 bridgehead atoms. The summed E-state index contributed by atoms with van der Waals surface area (Å²) in [6, 6.07) is 16.8. The Morgan fingerprint density at radius 1 is 0.800 bits per heavy atom. The highest BCUT2D eigenvalue weighted by molar-refractivity contribution is 7.71. The van der Waals surface area contributed by atoms with Gasteiger partial charge in [-0.25, -0.2) is 4.79 Å². The fourth-order valence-electron chi connectivity index (χ4n) is 3.34. The molecule has 0 saturated heterocycles. The van der Waals surface area contributed by atoms with Crippen LogP contribution in [0.3, 0.4) is 0 Å². The fraction of sp³-hybridized carbons (Fsp3) is 0.167. The molecule has 3 rings (SSSR count). The van der Waals surface area contributed by atoms with Crippen molar-refractivity contribution in [2.24, 2.45) is 0 Å². The van der Waals surface area contributed by atoms with Crippen molar-refractivity contribution in [2.45, 2.75) is 13.8 Å². The monoisotopic (exact) mass is 421 g/mol. The van der Waals surface area contributed by atoms with Crippen LogP contribution in [0.4, 0.5) is 0 Å². The number of aryl methyl sites for hydroxylation is 2. The van der Waals surface area contributed by atoms with Crippen LogP contribution >= 0.6 is 7.80 Å². The molecule has 0 fully saturated rings. The maximum Gasteiger partial charge on any atom is 0.459 e. The van der Waals surface area contributed by atoms with Crippen molar-refractivity contribution < 1.29 is 23.6 Å². The maximum absolute atomic E-state index is 13.3. The molecule has 0 amide bonds. The van der Waals surface area contributed by atoms with Gasteiger partial charge in [-0.05, 0) is 49.2 Å². The average molecular weight is 421 g/mol. The van der Waals surface area contributed by atoms with Gasteiger partial charge in [0.2, 0.25) is 11.1 Å². The van der Waals surface area contributed by atoms with Crippen molar-refractivity contribution in [3.8, 4) is 11.5 Å². The highest BCUT2D eigenvalue weighted by atomic mass is 31.1. The van der Waals surface area contributed by atoms with Gasteiger partial charge in [0.1, 0.15) is 11.5 Å². The lowest BCUT2D eigenvalue weighted by Crippen LogP contribution is -2.17. The Morgan fingerprint density at radius 2 is 1.47 bits per heavy atom. The van der Waals surface area contributed by atoms with E-state index >= 15 is 0 Å². The number of benzene rings is 3. The zero-order valence-electron chi connectivity index (χ0n) is 17.3. The van der Waals surface area contributed by atoms with Crippen molar-refractivity contribution in [2.75, 3.05) is 14.2 Å². The Kier molecular flexibility index (Phi) is 6.43. The van der Waals surface area contributed by atoms with Crippen LogP contribution in [0.5, 0.6) is 11.5 Å². The van der Waals surface area contributed by atoms with E-state index in [1.807, 2.05) is 32.0 Å². The first-order valence-corrected chi connectivity index (χ1v) is 10.6. The molecule has 6 heteroatoms. The molecule has 0 saturated carbocycles. The normalized spacial score (nSPS) is 11.0. The Labute approximate surface area is 176 Å². The second-order valence-electron chi connectivity index (χ2n) is 6.78. The number of carbonyl (C=O) groups is 2. The molecule has 1 unspecified atom stereocenters. The molecule has 0 aliphatic carbocycles. The van der Waals surface area contributed by atoms with Crippen LogP contribution in [0.1, 0.15) is 37.4 Å². The molecule has 3 aromatic rings. The quantitative estimate of drug-likeness (QED) is 0.403. The largest absolute Gasteiger partial charge is 0.497 e. The summed E-state index contributed by atoms with van der Waals surface area (Å²) in [6.45, 7) is 3.62. The van der Waals surface area contributed by atoms with E-state index in [2.05, 4.69) is 0 Å². The van der Waals surface area contributed by atoms with E-state index in [1.165, 1.54) is 14.2 Å². The van der Waals surface area contributed by atoms with Gasteiger partial charge in [0.15, 0.2) is 0 Å². The van der Waals surface area contributed by atoms with Crippen molar-refractivity contribution >= 4 is 24.4 Å². The summed E-state index contributed by atoms with van der Waals surface area (Å²) in [5, 5.41) is 0.211. The smallest absolute Gasteiger partial charge is 0.459 e. The van der Waals surface area contributed by atoms with Crippen LogP contribution in [-0.2, 0) is 4.57 Å². The third kappa shape index (κ3) is 4.03.